The number of anilines is 4. The number of nitrogens with one attached hydrogen (secondary N) is 4. The predicted molar refractivity (Wildman–Crippen MR) is 200 cm³/mol. The molecule has 0 aliphatic heterocycles. The maximum Gasteiger partial charge on any atom is 0.328 e. The number of phenolic OH excluding ortho intramolecular Hbond substituents is 2. The van der Waals surface area contributed by atoms with Crippen LogP contribution < -0.4 is 21.3 Å². The van der Waals surface area contributed by atoms with Gasteiger partial charge in [-0.25, -0.2) is 4.79 Å². The molecule has 0 bridgehead atoms. The molecule has 6 aromatic rings. The summed E-state index contributed by atoms with van der Waals surface area (Å²) in [6.45, 7) is 3.18. The Morgan fingerprint density at radius 3 is 1.28 bits per heavy atom. The Kier molecular flexibility index (Phi) is 9.74. The van der Waals surface area contributed by atoms with E-state index in [1.54, 1.807) is 50.2 Å². The van der Waals surface area contributed by atoms with Crippen molar-refractivity contribution in [3.05, 3.63) is 119 Å². The van der Waals surface area contributed by atoms with E-state index < -0.39 is 47.9 Å². The number of hydrogen-bond acceptors (Lipinski definition) is 11. The van der Waals surface area contributed by atoms with Crippen molar-refractivity contribution in [2.45, 2.75) is 23.6 Å². The Labute approximate surface area is 307 Å². The van der Waals surface area contributed by atoms with E-state index in [1.807, 2.05) is 0 Å². The summed E-state index contributed by atoms with van der Waals surface area (Å²) >= 11 is 0. The number of benzene rings is 6. The van der Waals surface area contributed by atoms with Gasteiger partial charge in [-0.05, 0) is 97.8 Å². The first-order valence-electron chi connectivity index (χ1n) is 15.8. The van der Waals surface area contributed by atoms with Gasteiger partial charge in [0.05, 0.1) is 0 Å². The average molecular weight is 771 g/mol. The minimum atomic E-state index is -4.65. The van der Waals surface area contributed by atoms with Gasteiger partial charge in [0.25, 0.3) is 32.1 Å². The van der Waals surface area contributed by atoms with E-state index in [0.29, 0.717) is 22.5 Å². The topological polar surface area (TPSA) is 249 Å². The largest absolute Gasteiger partial charge is 0.507 e. The molecule has 8 N–H and O–H groups in total. The first-order chi connectivity index (χ1) is 25.4. The van der Waals surface area contributed by atoms with Crippen molar-refractivity contribution in [1.82, 2.24) is 10.6 Å². The van der Waals surface area contributed by atoms with Gasteiger partial charge in [0.15, 0.2) is 0 Å². The summed E-state index contributed by atoms with van der Waals surface area (Å²) in [5.41, 5.74) is 2.27. The SMILES string of the molecule is Cc1cc(Nc2cccc3c(O)ccc(S(=O)(=O)O)c23)ccc1C(=O)NC(=O)NC(=O)c1ccc(Nc2cccc3c(O)ccc(S(=O)(=O)O)c23)cc1C. The smallest absolute Gasteiger partial charge is 0.328 e. The van der Waals surface area contributed by atoms with Gasteiger partial charge in [-0.15, -0.1) is 0 Å². The van der Waals surface area contributed by atoms with Gasteiger partial charge in [0.1, 0.15) is 21.3 Å². The summed E-state index contributed by atoms with van der Waals surface area (Å²) in [6, 6.07) is 21.4. The Hall–Kier alpha value is -6.53. The Balaban J connectivity index is 1.14. The predicted octanol–water partition coefficient (Wildman–Crippen LogP) is 6.28. The van der Waals surface area contributed by atoms with E-state index >= 15 is 0 Å². The second-order valence-electron chi connectivity index (χ2n) is 12.1. The number of imide groups is 2. The van der Waals surface area contributed by atoms with Gasteiger partial charge in [0, 0.05) is 55.4 Å². The fourth-order valence-corrected chi connectivity index (χ4v) is 7.47. The van der Waals surface area contributed by atoms with Crippen LogP contribution in [-0.2, 0) is 20.2 Å². The molecular weight excluding hydrogens is 741 g/mol. The number of fused-ring (bicyclic) bond motifs is 2. The number of carbonyl (C=O) groups is 3. The normalized spacial score (nSPS) is 11.6. The zero-order valence-corrected chi connectivity index (χ0v) is 29.8. The van der Waals surface area contributed by atoms with Crippen LogP contribution in [0.5, 0.6) is 11.5 Å². The van der Waals surface area contributed by atoms with Gasteiger partial charge >= 0.3 is 6.03 Å². The summed E-state index contributed by atoms with van der Waals surface area (Å²) in [4.78, 5) is 37.9. The van der Waals surface area contributed by atoms with Crippen molar-refractivity contribution in [1.29, 1.82) is 0 Å². The molecule has 0 saturated heterocycles. The molecule has 6 rings (SSSR count). The van der Waals surface area contributed by atoms with E-state index in [-0.39, 0.29) is 55.5 Å². The highest BCUT2D eigenvalue weighted by atomic mass is 32.2. The minimum Gasteiger partial charge on any atom is -0.507 e. The highest BCUT2D eigenvalue weighted by Gasteiger charge is 2.22. The minimum absolute atomic E-state index is 0.0437. The van der Waals surface area contributed by atoms with Crippen LogP contribution in [0.4, 0.5) is 27.5 Å². The molecule has 276 valence electrons. The maximum absolute atomic E-state index is 13.0. The van der Waals surface area contributed by atoms with Crippen molar-refractivity contribution in [2.24, 2.45) is 0 Å². The zero-order valence-electron chi connectivity index (χ0n) is 28.2. The van der Waals surface area contributed by atoms with Gasteiger partial charge in [-0.3, -0.25) is 29.3 Å². The van der Waals surface area contributed by atoms with Crippen molar-refractivity contribution in [2.75, 3.05) is 10.6 Å². The second-order valence-corrected chi connectivity index (χ2v) is 14.9. The van der Waals surface area contributed by atoms with Crippen molar-refractivity contribution < 1.29 is 50.5 Å². The lowest BCUT2D eigenvalue weighted by atomic mass is 10.1. The van der Waals surface area contributed by atoms with Gasteiger partial charge in [-0.2, -0.15) is 16.8 Å². The monoisotopic (exact) mass is 770 g/mol. The summed E-state index contributed by atoms with van der Waals surface area (Å²) < 4.78 is 67.8. The number of carbonyl (C=O) groups excluding carboxylic acids is 3. The van der Waals surface area contributed by atoms with Crippen LogP contribution in [-0.4, -0.2) is 54.0 Å². The van der Waals surface area contributed by atoms with Crippen LogP contribution in [0, 0.1) is 13.8 Å². The first-order valence-corrected chi connectivity index (χ1v) is 18.7. The van der Waals surface area contributed by atoms with Crippen LogP contribution >= 0.6 is 0 Å². The third-order valence-electron chi connectivity index (χ3n) is 8.47. The molecule has 0 unspecified atom stereocenters. The van der Waals surface area contributed by atoms with Crippen LogP contribution in [0.15, 0.2) is 107 Å². The molecule has 17 heteroatoms. The number of phenols is 2. The van der Waals surface area contributed by atoms with Crippen LogP contribution in [0.3, 0.4) is 0 Å². The fraction of sp³-hybridized carbons (Fsp3) is 0.0541. The Morgan fingerprint density at radius 2 is 0.926 bits per heavy atom. The first kappa shape index (κ1) is 37.2. The molecular formula is C37H30N4O11S2. The van der Waals surface area contributed by atoms with Crippen LogP contribution in [0.2, 0.25) is 0 Å². The molecule has 6 aromatic carbocycles. The van der Waals surface area contributed by atoms with Crippen LogP contribution in [0.25, 0.3) is 21.5 Å². The fourth-order valence-electron chi connectivity index (χ4n) is 6.03. The summed E-state index contributed by atoms with van der Waals surface area (Å²) in [5, 5.41) is 31.3. The number of aromatic hydroxyl groups is 2. The highest BCUT2D eigenvalue weighted by Crippen LogP contribution is 2.38. The zero-order chi connectivity index (χ0) is 39.1. The summed E-state index contributed by atoms with van der Waals surface area (Å²) in [5.74, 6) is -2.06. The number of aryl methyl sites for hydroxylation is 2. The Morgan fingerprint density at radius 1 is 0.537 bits per heavy atom. The molecule has 0 spiro atoms. The lowest BCUT2D eigenvalue weighted by Gasteiger charge is -2.15. The van der Waals surface area contributed by atoms with Crippen molar-refractivity contribution in [3.63, 3.8) is 0 Å². The molecule has 4 amide bonds. The van der Waals surface area contributed by atoms with E-state index in [0.717, 1.165) is 24.3 Å². The maximum atomic E-state index is 13.0. The quantitative estimate of drug-likeness (QED) is 0.0795. The molecule has 0 aromatic heterocycles. The second kappa shape index (κ2) is 14.1. The van der Waals surface area contributed by atoms with E-state index in [4.69, 9.17) is 0 Å². The number of rotatable bonds is 8. The lowest BCUT2D eigenvalue weighted by molar-refractivity contribution is 0.0944. The molecule has 0 aliphatic carbocycles. The third kappa shape index (κ3) is 7.50. The van der Waals surface area contributed by atoms with Crippen molar-refractivity contribution in [3.8, 4) is 11.5 Å². The van der Waals surface area contributed by atoms with E-state index in [1.165, 1.54) is 36.4 Å². The number of amides is 4. The summed E-state index contributed by atoms with van der Waals surface area (Å²) in [6.07, 6.45) is 0. The molecule has 0 aliphatic rings. The number of hydrogen-bond donors (Lipinski definition) is 8. The molecule has 54 heavy (non-hydrogen) atoms. The average Bonchev–Trinajstić information content (AvgIpc) is 3.08. The molecule has 0 atom stereocenters. The molecule has 0 fully saturated rings. The van der Waals surface area contributed by atoms with Gasteiger partial charge in [0.2, 0.25) is 0 Å². The van der Waals surface area contributed by atoms with E-state index in [9.17, 15) is 50.5 Å². The molecule has 0 radical (unpaired) electrons. The molecule has 0 heterocycles. The standard InChI is InChI=1S/C37H30N4O11S2/c1-19-17-21(38-27-7-3-5-25-29(42)13-15-31(33(25)27)53(47,48)49)9-11-23(19)35(44)40-37(46)41-36(45)24-12-10-22(18-20(24)2)39-28-8-4-6-26-30(43)14-16-32(34(26)28)54(50,51)52/h3-18,38-39,42-43H,1-2H3,(H,47,48,49)(H,50,51,52)(H2,40,41,44,45,46). The van der Waals surface area contributed by atoms with Crippen molar-refractivity contribution >= 4 is 82.4 Å². The number of urea groups is 1. The van der Waals surface area contributed by atoms with Crippen LogP contribution in [0.1, 0.15) is 31.8 Å². The van der Waals surface area contributed by atoms with Gasteiger partial charge < -0.3 is 20.8 Å². The Bertz CT molecular complexity index is 2600. The molecule has 15 nitrogen and oxygen atoms in total. The molecule has 0 saturated carbocycles. The van der Waals surface area contributed by atoms with Gasteiger partial charge in [-0.1, -0.05) is 24.3 Å². The summed E-state index contributed by atoms with van der Waals surface area (Å²) in [7, 11) is -9.31. The lowest BCUT2D eigenvalue weighted by Crippen LogP contribution is -2.42. The third-order valence-corrected chi connectivity index (χ3v) is 10.3. The highest BCUT2D eigenvalue weighted by molar-refractivity contribution is 7.86. The van der Waals surface area contributed by atoms with E-state index in [2.05, 4.69) is 21.3 Å².